The first-order valence-electron chi connectivity index (χ1n) is 4.27. The van der Waals surface area contributed by atoms with Gasteiger partial charge in [0.2, 0.25) is 10.0 Å². The molecule has 0 aromatic rings. The first kappa shape index (κ1) is 9.95. The van der Waals surface area contributed by atoms with Gasteiger partial charge in [0.15, 0.2) is 0 Å². The third-order valence-corrected chi connectivity index (χ3v) is 4.28. The molecule has 1 atom stereocenters. The van der Waals surface area contributed by atoms with Gasteiger partial charge in [0.25, 0.3) is 0 Å². The van der Waals surface area contributed by atoms with Crippen LogP contribution in [0.1, 0.15) is 19.8 Å². The molecule has 5 heteroatoms. The first-order valence-corrected chi connectivity index (χ1v) is 5.88. The van der Waals surface area contributed by atoms with E-state index in [1.807, 2.05) is 6.92 Å². The lowest BCUT2D eigenvalue weighted by Gasteiger charge is -2.21. The number of hydrogen-bond acceptors (Lipinski definition) is 3. The number of nitrogens with zero attached hydrogens (tertiary/aromatic N) is 1. The molecule has 0 bridgehead atoms. The van der Waals surface area contributed by atoms with Crippen LogP contribution in [0, 0.1) is 0 Å². The van der Waals surface area contributed by atoms with Crippen molar-refractivity contribution in [2.45, 2.75) is 25.8 Å². The largest absolute Gasteiger partial charge is 0.330 e. The summed E-state index contributed by atoms with van der Waals surface area (Å²) in [5, 5.41) is 0. The Labute approximate surface area is 73.8 Å². The normalized spacial score (nSPS) is 25.8. The summed E-state index contributed by atoms with van der Waals surface area (Å²) in [7, 11) is -2.93. The van der Waals surface area contributed by atoms with Crippen molar-refractivity contribution in [3.8, 4) is 0 Å². The van der Waals surface area contributed by atoms with E-state index in [1.165, 1.54) is 0 Å². The maximum Gasteiger partial charge on any atom is 0.214 e. The highest BCUT2D eigenvalue weighted by atomic mass is 32.2. The van der Waals surface area contributed by atoms with Crippen molar-refractivity contribution in [3.63, 3.8) is 0 Å². The lowest BCUT2D eigenvalue weighted by Crippen LogP contribution is -2.35. The molecule has 1 unspecified atom stereocenters. The summed E-state index contributed by atoms with van der Waals surface area (Å²) in [5.41, 5.74) is 5.36. The molecule has 1 saturated heterocycles. The molecular formula is C7H16N2O2S. The maximum atomic E-state index is 11.4. The van der Waals surface area contributed by atoms with Gasteiger partial charge in [-0.1, -0.05) is 0 Å². The maximum absolute atomic E-state index is 11.4. The van der Waals surface area contributed by atoms with Gasteiger partial charge in [0.1, 0.15) is 0 Å². The van der Waals surface area contributed by atoms with Crippen molar-refractivity contribution >= 4 is 10.0 Å². The summed E-state index contributed by atoms with van der Waals surface area (Å²) in [6.45, 7) is 3.13. The van der Waals surface area contributed by atoms with E-state index in [2.05, 4.69) is 0 Å². The van der Waals surface area contributed by atoms with Crippen LogP contribution in [0.2, 0.25) is 0 Å². The lowest BCUT2D eigenvalue weighted by molar-refractivity contribution is 0.347. The molecule has 12 heavy (non-hydrogen) atoms. The summed E-state index contributed by atoms with van der Waals surface area (Å²) in [4.78, 5) is 0. The number of rotatable bonds is 3. The van der Waals surface area contributed by atoms with Gasteiger partial charge in [-0.2, -0.15) is 4.31 Å². The molecule has 1 heterocycles. The Morgan fingerprint density at radius 2 is 2.25 bits per heavy atom. The smallest absolute Gasteiger partial charge is 0.214 e. The third-order valence-electron chi connectivity index (χ3n) is 2.21. The van der Waals surface area contributed by atoms with Crippen LogP contribution in [0.4, 0.5) is 0 Å². The van der Waals surface area contributed by atoms with Gasteiger partial charge in [-0.25, -0.2) is 8.42 Å². The van der Waals surface area contributed by atoms with Gasteiger partial charge in [0, 0.05) is 12.6 Å². The van der Waals surface area contributed by atoms with Crippen molar-refractivity contribution in [3.05, 3.63) is 0 Å². The fourth-order valence-corrected chi connectivity index (χ4v) is 3.33. The molecule has 0 aromatic carbocycles. The Kier molecular flexibility index (Phi) is 3.09. The zero-order valence-corrected chi connectivity index (χ0v) is 8.18. The Balaban J connectivity index is 2.62. The van der Waals surface area contributed by atoms with E-state index < -0.39 is 10.0 Å². The van der Waals surface area contributed by atoms with Gasteiger partial charge in [-0.15, -0.1) is 0 Å². The van der Waals surface area contributed by atoms with E-state index >= 15 is 0 Å². The molecule has 1 aliphatic rings. The second-order valence-electron chi connectivity index (χ2n) is 3.21. The predicted molar refractivity (Wildman–Crippen MR) is 48.2 cm³/mol. The van der Waals surface area contributed by atoms with Gasteiger partial charge in [-0.05, 0) is 26.3 Å². The minimum absolute atomic E-state index is 0.0718. The standard InChI is InChI=1S/C7H16N2O2S/c1-7(3-4-8)9-5-2-6-12(9,10)11/h7H,2-6,8H2,1H3. The first-order chi connectivity index (χ1) is 5.58. The highest BCUT2D eigenvalue weighted by molar-refractivity contribution is 7.89. The monoisotopic (exact) mass is 192 g/mol. The van der Waals surface area contributed by atoms with Crippen molar-refractivity contribution in [1.82, 2.24) is 4.31 Å². The minimum atomic E-state index is -2.93. The Morgan fingerprint density at radius 1 is 1.58 bits per heavy atom. The molecule has 2 N–H and O–H groups in total. The van der Waals surface area contributed by atoms with Crippen molar-refractivity contribution in [2.75, 3.05) is 18.8 Å². The molecule has 0 spiro atoms. The average molecular weight is 192 g/mol. The van der Waals surface area contributed by atoms with Crippen LogP contribution in [-0.4, -0.2) is 37.6 Å². The average Bonchev–Trinajstić information content (AvgIpc) is 2.30. The SMILES string of the molecule is CC(CCN)N1CCCS1(=O)=O. The molecule has 4 nitrogen and oxygen atoms in total. The van der Waals surface area contributed by atoms with E-state index in [-0.39, 0.29) is 6.04 Å². The molecule has 0 amide bonds. The fraction of sp³-hybridized carbons (Fsp3) is 1.00. The van der Waals surface area contributed by atoms with E-state index in [0.29, 0.717) is 18.8 Å². The van der Waals surface area contributed by atoms with Crippen LogP contribution in [0.15, 0.2) is 0 Å². The molecule has 72 valence electrons. The van der Waals surface area contributed by atoms with Crippen LogP contribution in [-0.2, 0) is 10.0 Å². The predicted octanol–water partition coefficient (Wildman–Crippen LogP) is -0.241. The van der Waals surface area contributed by atoms with Crippen LogP contribution >= 0.6 is 0 Å². The Hall–Kier alpha value is -0.130. The summed E-state index contributed by atoms with van der Waals surface area (Å²) in [6.07, 6.45) is 1.51. The summed E-state index contributed by atoms with van der Waals surface area (Å²) >= 11 is 0. The van der Waals surface area contributed by atoms with Crippen molar-refractivity contribution < 1.29 is 8.42 Å². The van der Waals surface area contributed by atoms with Gasteiger partial charge in [0.05, 0.1) is 5.75 Å². The quantitative estimate of drug-likeness (QED) is 0.671. The van der Waals surface area contributed by atoms with Gasteiger partial charge in [-0.3, -0.25) is 0 Å². The van der Waals surface area contributed by atoms with Gasteiger partial charge < -0.3 is 5.73 Å². The highest BCUT2D eigenvalue weighted by Crippen LogP contribution is 2.18. The molecule has 0 aromatic heterocycles. The molecule has 0 aliphatic carbocycles. The minimum Gasteiger partial charge on any atom is -0.330 e. The van der Waals surface area contributed by atoms with E-state index in [4.69, 9.17) is 5.73 Å². The van der Waals surface area contributed by atoms with E-state index in [9.17, 15) is 8.42 Å². The van der Waals surface area contributed by atoms with Crippen LogP contribution in [0.25, 0.3) is 0 Å². The summed E-state index contributed by atoms with van der Waals surface area (Å²) < 4.78 is 24.3. The summed E-state index contributed by atoms with van der Waals surface area (Å²) in [5.74, 6) is 0.307. The van der Waals surface area contributed by atoms with Crippen LogP contribution in [0.3, 0.4) is 0 Å². The topological polar surface area (TPSA) is 63.4 Å². The second-order valence-corrected chi connectivity index (χ2v) is 5.25. The van der Waals surface area contributed by atoms with Crippen molar-refractivity contribution in [2.24, 2.45) is 5.73 Å². The number of hydrogen-bond donors (Lipinski definition) is 1. The molecule has 0 radical (unpaired) electrons. The van der Waals surface area contributed by atoms with Crippen LogP contribution in [0.5, 0.6) is 0 Å². The van der Waals surface area contributed by atoms with Gasteiger partial charge >= 0.3 is 0 Å². The molecule has 1 aliphatic heterocycles. The molecule has 1 rings (SSSR count). The zero-order valence-electron chi connectivity index (χ0n) is 7.36. The van der Waals surface area contributed by atoms with Crippen LogP contribution < -0.4 is 5.73 Å². The molecular weight excluding hydrogens is 176 g/mol. The Bertz CT molecular complexity index is 238. The lowest BCUT2D eigenvalue weighted by atomic mass is 10.2. The van der Waals surface area contributed by atoms with Crippen molar-refractivity contribution in [1.29, 1.82) is 0 Å². The Morgan fingerprint density at radius 3 is 2.67 bits per heavy atom. The molecule has 0 saturated carbocycles. The fourth-order valence-electron chi connectivity index (χ4n) is 1.54. The molecule has 1 fully saturated rings. The van der Waals surface area contributed by atoms with E-state index in [0.717, 1.165) is 12.8 Å². The second kappa shape index (κ2) is 3.72. The zero-order chi connectivity index (χ0) is 9.19. The third kappa shape index (κ3) is 1.97. The van der Waals surface area contributed by atoms with E-state index in [1.54, 1.807) is 4.31 Å². The summed E-state index contributed by atoms with van der Waals surface area (Å²) in [6, 6.07) is 0.0718. The number of sulfonamides is 1. The number of nitrogens with two attached hydrogens (primary N) is 1. The highest BCUT2D eigenvalue weighted by Gasteiger charge is 2.31.